The standard InChI is InChI=1S/C27H34N2O3S2/c1-32-22-8-6-18(7-9-22)14-23-25(31)29(26(33)34-23)10-4-2-3-5-24(30)28-27-15-19-11-20(16-27)13-21(12-19)17-27/h6-9,14,19-21H,2-5,10-13,15-17H2,1H3,(H,28,30)/b23-14-. The van der Waals surface area contributed by atoms with Gasteiger partial charge in [0.1, 0.15) is 10.1 Å². The van der Waals surface area contributed by atoms with E-state index in [0.717, 1.165) is 48.3 Å². The van der Waals surface area contributed by atoms with Crippen molar-refractivity contribution < 1.29 is 14.3 Å². The summed E-state index contributed by atoms with van der Waals surface area (Å²) in [6.45, 7) is 0.612. The Balaban J connectivity index is 1.04. The number of thioether (sulfide) groups is 1. The zero-order valence-electron chi connectivity index (χ0n) is 19.9. The molecule has 0 aromatic heterocycles. The summed E-state index contributed by atoms with van der Waals surface area (Å²) in [6, 6.07) is 7.62. The third kappa shape index (κ3) is 5.20. The van der Waals surface area contributed by atoms with Gasteiger partial charge in [0.05, 0.1) is 12.0 Å². The molecule has 1 aromatic carbocycles. The minimum absolute atomic E-state index is 0.0228. The molecule has 7 heteroatoms. The van der Waals surface area contributed by atoms with E-state index in [1.165, 1.54) is 50.3 Å². The highest BCUT2D eigenvalue weighted by Gasteiger charge is 2.51. The van der Waals surface area contributed by atoms with Gasteiger partial charge in [0.15, 0.2) is 0 Å². The number of amides is 2. The summed E-state index contributed by atoms with van der Waals surface area (Å²) in [5, 5.41) is 3.46. The van der Waals surface area contributed by atoms with E-state index in [4.69, 9.17) is 17.0 Å². The first-order valence-corrected chi connectivity index (χ1v) is 13.9. The lowest BCUT2D eigenvalue weighted by Gasteiger charge is -2.56. The van der Waals surface area contributed by atoms with Crippen molar-refractivity contribution >= 4 is 46.2 Å². The molecule has 0 unspecified atom stereocenters. The van der Waals surface area contributed by atoms with Gasteiger partial charge in [-0.15, -0.1) is 0 Å². The van der Waals surface area contributed by atoms with Crippen LogP contribution < -0.4 is 10.1 Å². The van der Waals surface area contributed by atoms with Crippen molar-refractivity contribution in [3.05, 3.63) is 34.7 Å². The zero-order chi connectivity index (χ0) is 23.7. The molecule has 2 amide bonds. The summed E-state index contributed by atoms with van der Waals surface area (Å²) in [5.74, 6) is 3.51. The molecule has 0 radical (unpaired) electrons. The minimum atomic E-state index is -0.0228. The second kappa shape index (κ2) is 10.0. The van der Waals surface area contributed by atoms with Gasteiger partial charge < -0.3 is 10.1 Å². The van der Waals surface area contributed by atoms with E-state index < -0.39 is 0 Å². The molecule has 0 atom stereocenters. The fourth-order valence-corrected chi connectivity index (χ4v) is 8.21. The summed E-state index contributed by atoms with van der Waals surface area (Å²) in [7, 11) is 1.63. The maximum atomic E-state index is 12.8. The topological polar surface area (TPSA) is 58.6 Å². The molecule has 1 aromatic rings. The number of carbonyl (C=O) groups is 2. The molecule has 5 aliphatic rings. The molecule has 5 nitrogen and oxygen atoms in total. The monoisotopic (exact) mass is 498 g/mol. The summed E-state index contributed by atoms with van der Waals surface area (Å²) in [4.78, 5) is 27.9. The molecule has 0 spiro atoms. The average Bonchev–Trinajstić information content (AvgIpc) is 3.05. The van der Waals surface area contributed by atoms with Gasteiger partial charge in [0.2, 0.25) is 5.91 Å². The molecule has 5 fully saturated rings. The number of hydrogen-bond donors (Lipinski definition) is 1. The van der Waals surface area contributed by atoms with Crippen molar-refractivity contribution in [2.24, 2.45) is 17.8 Å². The average molecular weight is 499 g/mol. The Kier molecular flexibility index (Phi) is 7.03. The normalized spacial score (nSPS) is 30.9. The van der Waals surface area contributed by atoms with Gasteiger partial charge in [-0.25, -0.2) is 0 Å². The molecule has 4 aliphatic carbocycles. The highest BCUT2D eigenvalue weighted by Crippen LogP contribution is 2.55. The van der Waals surface area contributed by atoms with Crippen molar-refractivity contribution in [2.45, 2.75) is 69.7 Å². The number of nitrogens with zero attached hydrogens (tertiary/aromatic N) is 1. The van der Waals surface area contributed by atoms with Crippen molar-refractivity contribution in [3.63, 3.8) is 0 Å². The van der Waals surface area contributed by atoms with E-state index in [1.807, 2.05) is 30.3 Å². The molecule has 1 N–H and O–H groups in total. The Labute approximate surface area is 212 Å². The lowest BCUT2D eigenvalue weighted by molar-refractivity contribution is -0.127. The Bertz CT molecular complexity index is 953. The molecule has 4 bridgehead atoms. The molecule has 34 heavy (non-hydrogen) atoms. The zero-order valence-corrected chi connectivity index (χ0v) is 21.5. The van der Waals surface area contributed by atoms with Crippen LogP contribution in [-0.4, -0.2) is 40.2 Å². The Morgan fingerprint density at radius 3 is 2.38 bits per heavy atom. The van der Waals surface area contributed by atoms with E-state index in [2.05, 4.69) is 5.32 Å². The van der Waals surface area contributed by atoms with Crippen LogP contribution in [0, 0.1) is 17.8 Å². The van der Waals surface area contributed by atoms with Gasteiger partial charge in [0.25, 0.3) is 5.91 Å². The number of thiocarbonyl (C=S) groups is 1. The lowest BCUT2D eigenvalue weighted by atomic mass is 9.53. The second-order valence-electron chi connectivity index (χ2n) is 10.7. The minimum Gasteiger partial charge on any atom is -0.497 e. The van der Waals surface area contributed by atoms with Crippen LogP contribution in [0.2, 0.25) is 0 Å². The van der Waals surface area contributed by atoms with Crippen molar-refractivity contribution in [1.29, 1.82) is 0 Å². The molecule has 1 saturated heterocycles. The van der Waals surface area contributed by atoms with E-state index in [1.54, 1.807) is 12.0 Å². The first kappa shape index (κ1) is 23.9. The number of carbonyl (C=O) groups excluding carboxylic acids is 2. The van der Waals surface area contributed by atoms with Crippen molar-refractivity contribution in [3.8, 4) is 5.75 Å². The molecule has 4 saturated carbocycles. The van der Waals surface area contributed by atoms with E-state index >= 15 is 0 Å². The van der Waals surface area contributed by atoms with Gasteiger partial charge >= 0.3 is 0 Å². The molecule has 6 rings (SSSR count). The first-order valence-electron chi connectivity index (χ1n) is 12.6. The Morgan fingerprint density at radius 2 is 1.76 bits per heavy atom. The molecule has 182 valence electrons. The van der Waals surface area contributed by atoms with E-state index in [9.17, 15) is 9.59 Å². The smallest absolute Gasteiger partial charge is 0.266 e. The second-order valence-corrected chi connectivity index (χ2v) is 12.3. The number of ether oxygens (including phenoxy) is 1. The largest absolute Gasteiger partial charge is 0.497 e. The van der Waals surface area contributed by atoms with Crippen LogP contribution >= 0.6 is 24.0 Å². The number of unbranched alkanes of at least 4 members (excludes halogenated alkanes) is 2. The highest BCUT2D eigenvalue weighted by atomic mass is 32.2. The number of nitrogens with one attached hydrogen (secondary N) is 1. The number of rotatable bonds is 9. The maximum absolute atomic E-state index is 12.8. The van der Waals surface area contributed by atoms with Crippen LogP contribution in [0.1, 0.15) is 69.8 Å². The number of hydrogen-bond acceptors (Lipinski definition) is 5. The number of methoxy groups -OCH3 is 1. The van der Waals surface area contributed by atoms with Gasteiger partial charge in [0, 0.05) is 18.5 Å². The number of benzene rings is 1. The lowest BCUT2D eigenvalue weighted by Crippen LogP contribution is -2.59. The van der Waals surface area contributed by atoms with Crippen molar-refractivity contribution in [1.82, 2.24) is 10.2 Å². The van der Waals surface area contributed by atoms with E-state index in [-0.39, 0.29) is 17.4 Å². The fourth-order valence-electron chi connectivity index (χ4n) is 6.90. The third-order valence-electron chi connectivity index (χ3n) is 8.02. The summed E-state index contributed by atoms with van der Waals surface area (Å²) in [6.07, 6.45) is 12.9. The predicted octanol–water partition coefficient (Wildman–Crippen LogP) is 5.54. The van der Waals surface area contributed by atoms with Gasteiger partial charge in [-0.1, -0.05) is 42.5 Å². The maximum Gasteiger partial charge on any atom is 0.266 e. The highest BCUT2D eigenvalue weighted by molar-refractivity contribution is 8.26. The molecule has 1 heterocycles. The fraction of sp³-hybridized carbons (Fsp3) is 0.593. The first-order chi connectivity index (χ1) is 16.4. The van der Waals surface area contributed by atoms with Crippen LogP contribution in [0.4, 0.5) is 0 Å². The molecular weight excluding hydrogens is 464 g/mol. The molecule has 1 aliphatic heterocycles. The van der Waals surface area contributed by atoms with Crippen LogP contribution in [0.25, 0.3) is 6.08 Å². The van der Waals surface area contributed by atoms with Crippen LogP contribution in [0.3, 0.4) is 0 Å². The predicted molar refractivity (Wildman–Crippen MR) is 140 cm³/mol. The summed E-state index contributed by atoms with van der Waals surface area (Å²) < 4.78 is 5.80. The van der Waals surface area contributed by atoms with Crippen LogP contribution in [0.15, 0.2) is 29.2 Å². The van der Waals surface area contributed by atoms with E-state index in [0.29, 0.717) is 22.2 Å². The van der Waals surface area contributed by atoms with Gasteiger partial charge in [-0.2, -0.15) is 0 Å². The van der Waals surface area contributed by atoms with Crippen LogP contribution in [-0.2, 0) is 9.59 Å². The Hall–Kier alpha value is -1.86. The van der Waals surface area contributed by atoms with Crippen molar-refractivity contribution in [2.75, 3.05) is 13.7 Å². The third-order valence-corrected chi connectivity index (χ3v) is 9.39. The quantitative estimate of drug-likeness (QED) is 0.275. The van der Waals surface area contributed by atoms with Gasteiger partial charge in [-0.05, 0) is 92.9 Å². The van der Waals surface area contributed by atoms with Gasteiger partial charge in [-0.3, -0.25) is 14.5 Å². The summed E-state index contributed by atoms with van der Waals surface area (Å²) >= 11 is 6.82. The SMILES string of the molecule is COc1ccc(/C=C2\SC(=S)N(CCCCCC(=O)NC34CC5CC(CC(C5)C3)C4)C2=O)cc1. The summed E-state index contributed by atoms with van der Waals surface area (Å²) in [5.41, 5.74) is 1.05. The Morgan fingerprint density at radius 1 is 1.12 bits per heavy atom. The molecular formula is C27H34N2O3S2. The van der Waals surface area contributed by atoms with Crippen LogP contribution in [0.5, 0.6) is 5.75 Å².